The summed E-state index contributed by atoms with van der Waals surface area (Å²) in [7, 11) is -4.15. The third-order valence-electron chi connectivity index (χ3n) is 2.51. The van der Waals surface area contributed by atoms with Crippen molar-refractivity contribution < 1.29 is 31.2 Å². The lowest BCUT2D eigenvalue weighted by Crippen LogP contribution is -3.00. The van der Waals surface area contributed by atoms with Gasteiger partial charge in [-0.25, -0.2) is 0 Å². The molecule has 19 heavy (non-hydrogen) atoms. The average Bonchev–Trinajstić information content (AvgIpc) is 2.38. The van der Waals surface area contributed by atoms with Crippen LogP contribution < -0.4 is 23.3 Å². The Kier molecular flexibility index (Phi) is 4.90. The number of benzene rings is 2. The third-order valence-corrected chi connectivity index (χ3v) is 3.38. The minimum atomic E-state index is -4.15. The Morgan fingerprint density at radius 1 is 0.895 bits per heavy atom. The van der Waals surface area contributed by atoms with Crippen LogP contribution in [0.2, 0.25) is 0 Å². The zero-order chi connectivity index (χ0) is 13.2. The summed E-state index contributed by atoms with van der Waals surface area (Å²) in [6, 6.07) is 15.3. The van der Waals surface area contributed by atoms with E-state index in [0.717, 1.165) is 11.4 Å². The van der Waals surface area contributed by atoms with Crippen LogP contribution in [-0.4, -0.2) is 13.0 Å². The summed E-state index contributed by atoms with van der Waals surface area (Å²) in [6.45, 7) is 0. The quantitative estimate of drug-likeness (QED) is 0.519. The molecule has 5 nitrogen and oxygen atoms in total. The second kappa shape index (κ2) is 6.03. The summed E-state index contributed by atoms with van der Waals surface area (Å²) >= 11 is 0. The SMILES string of the molecule is [Cl-].[NH3+]N(c1ccccc1)c1ccc(S(=O)(=O)O)cc1. The Morgan fingerprint density at radius 3 is 1.84 bits per heavy atom. The van der Waals surface area contributed by atoms with Crippen LogP contribution in [0, 0.1) is 0 Å². The van der Waals surface area contributed by atoms with Crippen molar-refractivity contribution in [2.75, 3.05) is 5.01 Å². The molecule has 0 spiro atoms. The van der Waals surface area contributed by atoms with Crippen LogP contribution in [-0.2, 0) is 10.1 Å². The highest BCUT2D eigenvalue weighted by molar-refractivity contribution is 7.85. The van der Waals surface area contributed by atoms with Crippen LogP contribution in [0.25, 0.3) is 0 Å². The molecule has 0 fully saturated rings. The Labute approximate surface area is 117 Å². The summed E-state index contributed by atoms with van der Waals surface area (Å²) in [5.74, 6) is 3.89. The number of halogens is 1. The van der Waals surface area contributed by atoms with Crippen LogP contribution in [0.5, 0.6) is 0 Å². The van der Waals surface area contributed by atoms with Crippen molar-refractivity contribution in [1.82, 2.24) is 0 Å². The second-order valence-electron chi connectivity index (χ2n) is 3.73. The molecule has 0 bridgehead atoms. The normalized spacial score (nSPS) is 10.6. The largest absolute Gasteiger partial charge is 1.00 e. The van der Waals surface area contributed by atoms with Crippen LogP contribution in [0.15, 0.2) is 59.5 Å². The van der Waals surface area contributed by atoms with Crippen LogP contribution in [0.3, 0.4) is 0 Å². The number of rotatable bonds is 3. The predicted octanol–water partition coefficient (Wildman–Crippen LogP) is -1.77. The summed E-state index contributed by atoms with van der Waals surface area (Å²) in [4.78, 5) is -0.132. The van der Waals surface area contributed by atoms with Crippen molar-refractivity contribution in [2.45, 2.75) is 4.90 Å². The molecule has 0 saturated heterocycles. The van der Waals surface area contributed by atoms with Gasteiger partial charge in [0.05, 0.1) is 16.3 Å². The van der Waals surface area contributed by atoms with Crippen molar-refractivity contribution in [3.8, 4) is 0 Å². The van der Waals surface area contributed by atoms with E-state index in [1.54, 1.807) is 17.1 Å². The second-order valence-corrected chi connectivity index (χ2v) is 5.15. The maximum absolute atomic E-state index is 10.9. The maximum atomic E-state index is 10.9. The van der Waals surface area contributed by atoms with Gasteiger partial charge in [-0.05, 0) is 36.4 Å². The number of para-hydroxylation sites is 1. The first-order valence-corrected chi connectivity index (χ1v) is 6.66. The average molecular weight is 301 g/mol. The Balaban J connectivity index is 0.00000180. The Bertz CT molecular complexity index is 630. The maximum Gasteiger partial charge on any atom is 0.294 e. The summed E-state index contributed by atoms with van der Waals surface area (Å²) in [6.07, 6.45) is 0. The van der Waals surface area contributed by atoms with Gasteiger partial charge in [-0.15, -0.1) is 0 Å². The van der Waals surface area contributed by atoms with Gasteiger partial charge < -0.3 is 12.4 Å². The van der Waals surface area contributed by atoms with E-state index >= 15 is 0 Å². The van der Waals surface area contributed by atoms with Gasteiger partial charge in [-0.3, -0.25) is 10.4 Å². The number of hydrogen-bond acceptors (Lipinski definition) is 3. The lowest BCUT2D eigenvalue weighted by Gasteiger charge is -2.14. The van der Waals surface area contributed by atoms with E-state index in [9.17, 15) is 8.42 Å². The van der Waals surface area contributed by atoms with Crippen LogP contribution in [0.1, 0.15) is 0 Å². The van der Waals surface area contributed by atoms with E-state index in [0.29, 0.717) is 0 Å². The molecule has 0 heterocycles. The molecule has 4 N–H and O–H groups in total. The van der Waals surface area contributed by atoms with Gasteiger partial charge in [0.25, 0.3) is 10.1 Å². The first kappa shape index (κ1) is 15.5. The van der Waals surface area contributed by atoms with Gasteiger partial charge >= 0.3 is 0 Å². The van der Waals surface area contributed by atoms with E-state index in [1.165, 1.54) is 12.1 Å². The van der Waals surface area contributed by atoms with Gasteiger partial charge in [0.1, 0.15) is 0 Å². The Morgan fingerprint density at radius 2 is 1.37 bits per heavy atom. The fourth-order valence-corrected chi connectivity index (χ4v) is 2.04. The molecule has 2 aromatic rings. The van der Waals surface area contributed by atoms with E-state index in [4.69, 9.17) is 4.55 Å². The highest BCUT2D eigenvalue weighted by Gasteiger charge is 2.11. The molecule has 0 amide bonds. The highest BCUT2D eigenvalue weighted by Crippen LogP contribution is 2.21. The number of quaternary nitrogens is 1. The van der Waals surface area contributed by atoms with Gasteiger partial charge in [0.15, 0.2) is 0 Å². The number of nitrogens with zero attached hydrogens (tertiary/aromatic N) is 1. The molecule has 102 valence electrons. The third kappa shape index (κ3) is 3.68. The standard InChI is InChI=1S/C12H12N2O3S.ClH/c13-14(10-4-2-1-3-5-10)11-6-8-12(9-7-11)18(15,16)17;/h1-9H,13H2,(H,15,16,17);1H. The molecule has 0 aliphatic heterocycles. The zero-order valence-electron chi connectivity index (χ0n) is 9.90. The fourth-order valence-electron chi connectivity index (χ4n) is 1.56. The summed E-state index contributed by atoms with van der Waals surface area (Å²) < 4.78 is 30.7. The van der Waals surface area contributed by atoms with Gasteiger partial charge in [-0.2, -0.15) is 13.4 Å². The zero-order valence-corrected chi connectivity index (χ0v) is 11.5. The monoisotopic (exact) mass is 300 g/mol. The van der Waals surface area contributed by atoms with Gasteiger partial charge in [-0.1, -0.05) is 18.2 Å². The first-order chi connectivity index (χ1) is 8.48. The minimum Gasteiger partial charge on any atom is -1.00 e. The topological polar surface area (TPSA) is 85.3 Å². The molecule has 0 aliphatic carbocycles. The summed E-state index contributed by atoms with van der Waals surface area (Å²) in [5.41, 5.74) is 1.62. The van der Waals surface area contributed by atoms with Crippen molar-refractivity contribution in [2.24, 2.45) is 0 Å². The van der Waals surface area contributed by atoms with Crippen molar-refractivity contribution in [1.29, 1.82) is 0 Å². The van der Waals surface area contributed by atoms with Gasteiger partial charge in [0.2, 0.25) is 0 Å². The summed E-state index contributed by atoms with van der Waals surface area (Å²) in [5, 5.41) is 1.67. The first-order valence-electron chi connectivity index (χ1n) is 5.22. The minimum absolute atomic E-state index is 0. The van der Waals surface area contributed by atoms with Crippen LogP contribution in [0.4, 0.5) is 11.4 Å². The van der Waals surface area contributed by atoms with Gasteiger partial charge in [0, 0.05) is 0 Å². The van der Waals surface area contributed by atoms with Crippen LogP contribution >= 0.6 is 0 Å². The van der Waals surface area contributed by atoms with E-state index in [1.807, 2.05) is 30.3 Å². The number of anilines is 2. The van der Waals surface area contributed by atoms with Crippen molar-refractivity contribution in [3.63, 3.8) is 0 Å². The molecule has 0 atom stereocenters. The molecule has 0 saturated carbocycles. The molecule has 7 heteroatoms. The molecule has 0 unspecified atom stereocenters. The predicted molar refractivity (Wildman–Crippen MR) is 67.7 cm³/mol. The molecular weight excluding hydrogens is 288 g/mol. The smallest absolute Gasteiger partial charge is 0.294 e. The van der Waals surface area contributed by atoms with Crippen molar-refractivity contribution >= 4 is 21.5 Å². The molecule has 2 aromatic carbocycles. The van der Waals surface area contributed by atoms with E-state index in [2.05, 4.69) is 5.84 Å². The molecule has 0 aromatic heterocycles. The fraction of sp³-hybridized carbons (Fsp3) is 0. The van der Waals surface area contributed by atoms with E-state index in [-0.39, 0.29) is 17.3 Å². The highest BCUT2D eigenvalue weighted by atomic mass is 35.5. The molecule has 0 radical (unpaired) electrons. The lowest BCUT2D eigenvalue weighted by molar-refractivity contribution is -0.371. The van der Waals surface area contributed by atoms with E-state index < -0.39 is 10.1 Å². The number of hydrogen-bond donors (Lipinski definition) is 2. The molecule has 2 rings (SSSR count). The molecular formula is C12H13ClN2O3S. The molecule has 0 aliphatic rings. The van der Waals surface area contributed by atoms with Crippen molar-refractivity contribution in [3.05, 3.63) is 54.6 Å². The lowest BCUT2D eigenvalue weighted by atomic mass is 10.2. The Hall–Kier alpha value is -1.60.